The van der Waals surface area contributed by atoms with Gasteiger partial charge >= 0.3 is 12.0 Å². The minimum atomic E-state index is -2.14. The second-order valence-electron chi connectivity index (χ2n) is 10.7. The quantitative estimate of drug-likeness (QED) is 0.269. The standard InChI is InChI=1S/C28H37N3O7/c1-16-9-7-12-21(33)22(16)24(34)38-15-28(37)20(14-18-10-8-11-19(13-18)17(2)32)23(29)26(3,27(28,4)36)30-25(35)31(5)6/h7-13,20,23,33,36-37H,14-15,29H2,1-6H3,(H,30,35)/t20-,23-,26-,27+,28+/m0/s1. The third-order valence-electron chi connectivity index (χ3n) is 8.01. The number of nitrogens with two attached hydrogens (primary N) is 1. The molecule has 0 bridgehead atoms. The highest BCUT2D eigenvalue weighted by molar-refractivity contribution is 5.94. The number of ether oxygens (including phenoxy) is 1. The van der Waals surface area contributed by atoms with Gasteiger partial charge in [-0.15, -0.1) is 0 Å². The summed E-state index contributed by atoms with van der Waals surface area (Å²) in [6.07, 6.45) is 0.107. The second kappa shape index (κ2) is 10.4. The van der Waals surface area contributed by atoms with Gasteiger partial charge in [0.05, 0.1) is 5.54 Å². The molecule has 1 fully saturated rings. The SMILES string of the molecule is CC(=O)c1cccc(C[C@H]2[C@H](N)[C@](C)(NC(=O)N(C)C)[C@@](C)(O)[C@@]2(O)COC(=O)c2c(C)cccc2O)c1. The van der Waals surface area contributed by atoms with Crippen molar-refractivity contribution in [1.82, 2.24) is 10.2 Å². The van der Waals surface area contributed by atoms with E-state index in [2.05, 4.69) is 5.32 Å². The van der Waals surface area contributed by atoms with Gasteiger partial charge in [0.15, 0.2) is 5.78 Å². The smallest absolute Gasteiger partial charge is 0.342 e. The van der Waals surface area contributed by atoms with E-state index in [0.717, 1.165) is 0 Å². The highest BCUT2D eigenvalue weighted by Gasteiger charge is 2.72. The highest BCUT2D eigenvalue weighted by atomic mass is 16.5. The van der Waals surface area contributed by atoms with Crippen molar-refractivity contribution >= 4 is 17.8 Å². The van der Waals surface area contributed by atoms with Crippen molar-refractivity contribution in [2.24, 2.45) is 11.7 Å². The van der Waals surface area contributed by atoms with Gasteiger partial charge < -0.3 is 36.0 Å². The minimum Gasteiger partial charge on any atom is -0.507 e. The molecule has 2 amide bonds. The Kier molecular flexibility index (Phi) is 7.93. The van der Waals surface area contributed by atoms with Gasteiger partial charge in [-0.3, -0.25) is 4.79 Å². The van der Waals surface area contributed by atoms with E-state index in [1.807, 2.05) is 0 Å². The number of carbonyl (C=O) groups is 3. The number of carbonyl (C=O) groups excluding carboxylic acids is 3. The average molecular weight is 528 g/mol. The molecular weight excluding hydrogens is 490 g/mol. The molecule has 0 unspecified atom stereocenters. The number of esters is 1. The van der Waals surface area contributed by atoms with Gasteiger partial charge in [0, 0.05) is 31.6 Å². The highest BCUT2D eigenvalue weighted by Crippen LogP contribution is 2.51. The van der Waals surface area contributed by atoms with Crippen LogP contribution in [0.5, 0.6) is 5.75 Å². The average Bonchev–Trinajstić information content (AvgIpc) is 2.94. The first-order valence-corrected chi connectivity index (χ1v) is 12.3. The summed E-state index contributed by atoms with van der Waals surface area (Å²) in [4.78, 5) is 38.9. The number of benzene rings is 2. The number of amides is 2. The molecule has 2 aromatic rings. The number of nitrogens with zero attached hydrogens (tertiary/aromatic N) is 1. The predicted octanol–water partition coefficient (Wildman–Crippen LogP) is 1.77. The number of urea groups is 1. The van der Waals surface area contributed by atoms with Crippen LogP contribution in [-0.4, -0.2) is 81.5 Å². The third-order valence-corrected chi connectivity index (χ3v) is 8.01. The van der Waals surface area contributed by atoms with Gasteiger partial charge in [0.25, 0.3) is 0 Å². The van der Waals surface area contributed by atoms with Crippen LogP contribution in [0.4, 0.5) is 4.79 Å². The van der Waals surface area contributed by atoms with E-state index in [4.69, 9.17) is 10.5 Å². The maximum atomic E-state index is 13.0. The maximum Gasteiger partial charge on any atom is 0.342 e. The number of aliphatic hydroxyl groups is 2. The van der Waals surface area contributed by atoms with Crippen LogP contribution < -0.4 is 11.1 Å². The summed E-state index contributed by atoms with van der Waals surface area (Å²) in [6.45, 7) is 5.27. The summed E-state index contributed by atoms with van der Waals surface area (Å²) in [5.41, 5.74) is 2.44. The minimum absolute atomic E-state index is 0.0626. The van der Waals surface area contributed by atoms with Gasteiger partial charge in [-0.2, -0.15) is 0 Å². The number of phenols is 1. The number of nitrogens with one attached hydrogen (secondary N) is 1. The second-order valence-corrected chi connectivity index (χ2v) is 10.7. The molecule has 0 aromatic heterocycles. The first kappa shape index (κ1) is 29.1. The lowest BCUT2D eigenvalue weighted by atomic mass is 9.76. The zero-order valence-electron chi connectivity index (χ0n) is 22.6. The molecule has 1 aliphatic carbocycles. The molecule has 38 heavy (non-hydrogen) atoms. The van der Waals surface area contributed by atoms with E-state index in [0.29, 0.717) is 16.7 Å². The molecular formula is C28H37N3O7. The molecule has 6 N–H and O–H groups in total. The molecule has 10 nitrogen and oxygen atoms in total. The lowest BCUT2D eigenvalue weighted by molar-refractivity contribution is -0.181. The fourth-order valence-electron chi connectivity index (χ4n) is 5.25. The van der Waals surface area contributed by atoms with Gasteiger partial charge in [0.2, 0.25) is 0 Å². The fraction of sp³-hybridized carbons (Fsp3) is 0.464. The number of aromatic hydroxyl groups is 1. The first-order valence-electron chi connectivity index (χ1n) is 12.3. The molecule has 1 aliphatic rings. The topological polar surface area (TPSA) is 162 Å². The summed E-state index contributed by atoms with van der Waals surface area (Å²) in [6, 6.07) is 9.84. The van der Waals surface area contributed by atoms with Crippen LogP contribution in [0.3, 0.4) is 0 Å². The fourth-order valence-corrected chi connectivity index (χ4v) is 5.25. The van der Waals surface area contributed by atoms with E-state index in [1.54, 1.807) is 43.3 Å². The lowest BCUT2D eigenvalue weighted by Gasteiger charge is -2.45. The van der Waals surface area contributed by atoms with E-state index >= 15 is 0 Å². The van der Waals surface area contributed by atoms with Crippen molar-refractivity contribution in [3.8, 4) is 5.75 Å². The normalized spacial score (nSPS) is 28.6. The van der Waals surface area contributed by atoms with Crippen LogP contribution >= 0.6 is 0 Å². The van der Waals surface area contributed by atoms with Crippen molar-refractivity contribution in [1.29, 1.82) is 0 Å². The Morgan fingerprint density at radius 2 is 1.74 bits per heavy atom. The van der Waals surface area contributed by atoms with Crippen LogP contribution in [0.2, 0.25) is 0 Å². The maximum absolute atomic E-state index is 13.0. The zero-order valence-corrected chi connectivity index (χ0v) is 22.6. The predicted molar refractivity (Wildman–Crippen MR) is 141 cm³/mol. The molecule has 2 aromatic carbocycles. The van der Waals surface area contributed by atoms with E-state index < -0.39 is 47.3 Å². The Labute approximate surface area is 222 Å². The molecule has 0 aliphatic heterocycles. The van der Waals surface area contributed by atoms with Gasteiger partial charge in [-0.1, -0.05) is 30.3 Å². The number of phenolic OH excluding ortho intramolecular Hbond substituents is 1. The zero-order chi connectivity index (χ0) is 28.6. The lowest BCUT2D eigenvalue weighted by Crippen LogP contribution is -2.70. The molecule has 5 atom stereocenters. The largest absolute Gasteiger partial charge is 0.507 e. The van der Waals surface area contributed by atoms with Crippen LogP contribution in [-0.2, 0) is 11.2 Å². The summed E-state index contributed by atoms with van der Waals surface area (Å²) < 4.78 is 5.49. The van der Waals surface area contributed by atoms with Crippen LogP contribution in [0.25, 0.3) is 0 Å². The van der Waals surface area contributed by atoms with Crippen LogP contribution in [0.15, 0.2) is 42.5 Å². The Morgan fingerprint density at radius 3 is 2.32 bits per heavy atom. The summed E-state index contributed by atoms with van der Waals surface area (Å²) in [5, 5.41) is 36.9. The first-order chi connectivity index (χ1) is 17.6. The van der Waals surface area contributed by atoms with Crippen molar-refractivity contribution in [3.63, 3.8) is 0 Å². The number of hydrogen-bond donors (Lipinski definition) is 5. The number of aryl methyl sites for hydroxylation is 1. The van der Waals surface area contributed by atoms with Crippen LogP contribution in [0.1, 0.15) is 52.6 Å². The van der Waals surface area contributed by atoms with E-state index in [9.17, 15) is 29.7 Å². The Bertz CT molecular complexity index is 1220. The van der Waals surface area contributed by atoms with E-state index in [1.165, 1.54) is 45.8 Å². The van der Waals surface area contributed by atoms with Crippen molar-refractivity contribution in [2.45, 2.75) is 56.9 Å². The molecule has 0 saturated heterocycles. The summed E-state index contributed by atoms with van der Waals surface area (Å²) >= 11 is 0. The summed E-state index contributed by atoms with van der Waals surface area (Å²) in [7, 11) is 3.06. The Morgan fingerprint density at radius 1 is 1.11 bits per heavy atom. The van der Waals surface area contributed by atoms with Crippen LogP contribution in [0, 0.1) is 12.8 Å². The third kappa shape index (κ3) is 4.87. The molecule has 0 spiro atoms. The molecule has 3 rings (SSSR count). The number of Topliss-reactive ketones (excluding diaryl/α,β-unsaturated/α-hetero) is 1. The number of ketones is 1. The van der Waals surface area contributed by atoms with Gasteiger partial charge in [-0.25, -0.2) is 9.59 Å². The van der Waals surface area contributed by atoms with E-state index in [-0.39, 0.29) is 23.5 Å². The van der Waals surface area contributed by atoms with Gasteiger partial charge in [0.1, 0.15) is 29.1 Å². The molecule has 10 heteroatoms. The molecule has 0 heterocycles. The van der Waals surface area contributed by atoms with Gasteiger partial charge in [-0.05, 0) is 57.4 Å². The number of hydrogen-bond acceptors (Lipinski definition) is 8. The molecule has 1 saturated carbocycles. The Balaban J connectivity index is 2.05. The Hall–Kier alpha value is -3.47. The van der Waals surface area contributed by atoms with Crippen molar-refractivity contribution in [3.05, 3.63) is 64.7 Å². The monoisotopic (exact) mass is 527 g/mol. The summed E-state index contributed by atoms with van der Waals surface area (Å²) in [5.74, 6) is -2.23. The van der Waals surface area contributed by atoms with Crippen molar-refractivity contribution < 1.29 is 34.4 Å². The molecule has 0 radical (unpaired) electrons. The van der Waals surface area contributed by atoms with Crippen molar-refractivity contribution in [2.75, 3.05) is 20.7 Å². The molecule has 206 valence electrons. The number of rotatable bonds is 7.